The average molecular weight is 429 g/mol. The Bertz CT molecular complexity index is 572. The van der Waals surface area contributed by atoms with Gasteiger partial charge in [-0.2, -0.15) is 0 Å². The summed E-state index contributed by atoms with van der Waals surface area (Å²) < 4.78 is 15.2. The molecule has 1 unspecified atom stereocenters. The second-order valence-electron chi connectivity index (χ2n) is 3.83. The van der Waals surface area contributed by atoms with Gasteiger partial charge in [0.25, 0.3) is 0 Å². The van der Waals surface area contributed by atoms with Crippen LogP contribution < -0.4 is 11.1 Å². The fraction of sp³-hybridized carbons (Fsp3) is 0.167. The Morgan fingerprint density at radius 2 is 2.11 bits per heavy atom. The Hall–Kier alpha value is -0.140. The van der Waals surface area contributed by atoms with E-state index in [2.05, 4.69) is 37.2 Å². The third kappa shape index (κ3) is 3.70. The van der Waals surface area contributed by atoms with Crippen LogP contribution in [0.25, 0.3) is 0 Å². The molecule has 2 nitrogen and oxygen atoms in total. The Balaban J connectivity index is 2.26. The molecule has 2 aromatic rings. The number of anilines is 1. The van der Waals surface area contributed by atoms with Gasteiger partial charge in [-0.1, -0.05) is 11.6 Å². The van der Waals surface area contributed by atoms with Crippen LogP contribution in [-0.2, 0) is 0 Å². The monoisotopic (exact) mass is 426 g/mol. The quantitative estimate of drug-likeness (QED) is 0.704. The van der Waals surface area contributed by atoms with Gasteiger partial charge in [0.2, 0.25) is 0 Å². The normalized spacial score (nSPS) is 12.5. The highest BCUT2D eigenvalue weighted by Crippen LogP contribution is 2.37. The highest BCUT2D eigenvalue weighted by Gasteiger charge is 2.16. The molecule has 1 aromatic carbocycles. The summed E-state index contributed by atoms with van der Waals surface area (Å²) in [4.78, 5) is 1.04. The smallest absolute Gasteiger partial charge is 0.125 e. The van der Waals surface area contributed by atoms with Crippen molar-refractivity contribution >= 4 is 60.5 Å². The first-order chi connectivity index (χ1) is 9.01. The second kappa shape index (κ2) is 6.54. The van der Waals surface area contributed by atoms with E-state index in [1.54, 1.807) is 11.3 Å². The summed E-state index contributed by atoms with van der Waals surface area (Å²) in [5.41, 5.74) is 6.32. The first-order valence-corrected chi connectivity index (χ1v) is 8.15. The number of rotatable bonds is 4. The SMILES string of the molecule is NCC(Nc1cc(F)ccc1Cl)c1cc(Br)c(Br)s1. The van der Waals surface area contributed by atoms with E-state index in [1.165, 1.54) is 18.2 Å². The fourth-order valence-electron chi connectivity index (χ4n) is 1.58. The third-order valence-electron chi connectivity index (χ3n) is 2.50. The zero-order chi connectivity index (χ0) is 14.0. The van der Waals surface area contributed by atoms with Gasteiger partial charge in [0, 0.05) is 15.9 Å². The molecule has 0 saturated heterocycles. The van der Waals surface area contributed by atoms with Crippen molar-refractivity contribution in [2.75, 3.05) is 11.9 Å². The van der Waals surface area contributed by atoms with Crippen molar-refractivity contribution in [3.05, 3.63) is 48.2 Å². The van der Waals surface area contributed by atoms with Crippen molar-refractivity contribution in [1.82, 2.24) is 0 Å². The van der Waals surface area contributed by atoms with E-state index in [1.807, 2.05) is 6.07 Å². The van der Waals surface area contributed by atoms with Gasteiger partial charge in [-0.05, 0) is 56.1 Å². The van der Waals surface area contributed by atoms with E-state index in [0.29, 0.717) is 17.3 Å². The zero-order valence-electron chi connectivity index (χ0n) is 9.59. The highest BCUT2D eigenvalue weighted by atomic mass is 79.9. The predicted octanol–water partition coefficient (Wildman–Crippen LogP) is 5.18. The molecule has 2 rings (SSSR count). The van der Waals surface area contributed by atoms with Crippen LogP contribution >= 0.6 is 54.8 Å². The van der Waals surface area contributed by atoms with E-state index in [9.17, 15) is 4.39 Å². The maximum Gasteiger partial charge on any atom is 0.125 e. The van der Waals surface area contributed by atoms with Crippen LogP contribution in [0.1, 0.15) is 10.9 Å². The molecule has 0 spiro atoms. The van der Waals surface area contributed by atoms with Crippen molar-refractivity contribution in [3.63, 3.8) is 0 Å². The van der Waals surface area contributed by atoms with Crippen molar-refractivity contribution in [2.45, 2.75) is 6.04 Å². The summed E-state index contributed by atoms with van der Waals surface area (Å²) in [6, 6.07) is 6.07. The summed E-state index contributed by atoms with van der Waals surface area (Å²) in [6.07, 6.45) is 0. The molecule has 7 heteroatoms. The molecule has 0 saturated carbocycles. The maximum absolute atomic E-state index is 13.2. The molecule has 1 atom stereocenters. The Morgan fingerprint density at radius 3 is 2.68 bits per heavy atom. The third-order valence-corrected chi connectivity index (χ3v) is 6.20. The molecule has 1 heterocycles. The standard InChI is InChI=1S/C12H10Br2ClFN2S/c13-7-4-11(19-12(7)14)10(5-17)18-9-3-6(16)1-2-8(9)15/h1-4,10,18H,5,17H2. The van der Waals surface area contributed by atoms with Crippen LogP contribution in [0.2, 0.25) is 5.02 Å². The molecule has 0 aliphatic carbocycles. The molecule has 102 valence electrons. The van der Waals surface area contributed by atoms with E-state index in [0.717, 1.165) is 13.1 Å². The number of nitrogens with two attached hydrogens (primary N) is 1. The number of benzene rings is 1. The lowest BCUT2D eigenvalue weighted by atomic mass is 10.2. The molecule has 0 fully saturated rings. The second-order valence-corrected chi connectivity index (χ2v) is 7.49. The van der Waals surface area contributed by atoms with Gasteiger partial charge in [-0.15, -0.1) is 11.3 Å². The van der Waals surface area contributed by atoms with E-state index >= 15 is 0 Å². The van der Waals surface area contributed by atoms with Gasteiger partial charge in [0.15, 0.2) is 0 Å². The van der Waals surface area contributed by atoms with Crippen molar-refractivity contribution in [1.29, 1.82) is 0 Å². The molecule has 0 aliphatic rings. The molecule has 0 bridgehead atoms. The van der Waals surface area contributed by atoms with Crippen LogP contribution in [0.15, 0.2) is 32.5 Å². The van der Waals surface area contributed by atoms with E-state index in [4.69, 9.17) is 17.3 Å². The first-order valence-electron chi connectivity index (χ1n) is 5.37. The number of hydrogen-bond donors (Lipinski definition) is 2. The van der Waals surface area contributed by atoms with Gasteiger partial charge >= 0.3 is 0 Å². The molecular weight excluding hydrogens is 418 g/mol. The van der Waals surface area contributed by atoms with Gasteiger partial charge in [0.1, 0.15) is 5.82 Å². The van der Waals surface area contributed by atoms with Gasteiger partial charge in [0.05, 0.1) is 20.5 Å². The predicted molar refractivity (Wildman–Crippen MR) is 86.5 cm³/mol. The van der Waals surface area contributed by atoms with Gasteiger partial charge < -0.3 is 11.1 Å². The van der Waals surface area contributed by atoms with Gasteiger partial charge in [-0.3, -0.25) is 0 Å². The molecule has 19 heavy (non-hydrogen) atoms. The first kappa shape index (κ1) is 15.3. The van der Waals surface area contributed by atoms with E-state index < -0.39 is 0 Å². The lowest BCUT2D eigenvalue weighted by molar-refractivity contribution is 0.627. The van der Waals surface area contributed by atoms with Crippen molar-refractivity contribution in [3.8, 4) is 0 Å². The Kier molecular flexibility index (Phi) is 5.25. The number of halogens is 4. The van der Waals surface area contributed by atoms with E-state index in [-0.39, 0.29) is 11.9 Å². The summed E-state index contributed by atoms with van der Waals surface area (Å²) in [6.45, 7) is 0.381. The average Bonchev–Trinajstić information content (AvgIpc) is 2.70. The highest BCUT2D eigenvalue weighted by molar-refractivity contribution is 9.13. The van der Waals surface area contributed by atoms with Crippen molar-refractivity contribution in [2.24, 2.45) is 5.73 Å². The molecule has 3 N–H and O–H groups in total. The van der Waals surface area contributed by atoms with Crippen LogP contribution in [0.4, 0.5) is 10.1 Å². The Morgan fingerprint density at radius 1 is 1.37 bits per heavy atom. The molecule has 0 radical (unpaired) electrons. The van der Waals surface area contributed by atoms with Crippen LogP contribution in [-0.4, -0.2) is 6.54 Å². The van der Waals surface area contributed by atoms with Crippen LogP contribution in [0.5, 0.6) is 0 Å². The number of nitrogens with one attached hydrogen (secondary N) is 1. The molecular formula is C12H10Br2ClFN2S. The Labute approximate surface area is 136 Å². The van der Waals surface area contributed by atoms with Crippen molar-refractivity contribution < 1.29 is 4.39 Å². The van der Waals surface area contributed by atoms with Crippen LogP contribution in [0, 0.1) is 5.82 Å². The summed E-state index contributed by atoms with van der Waals surface area (Å²) >= 11 is 14.5. The zero-order valence-corrected chi connectivity index (χ0v) is 14.3. The minimum atomic E-state index is -0.337. The maximum atomic E-state index is 13.2. The minimum Gasteiger partial charge on any atom is -0.375 e. The summed E-state index contributed by atoms with van der Waals surface area (Å²) in [7, 11) is 0. The molecule has 0 aliphatic heterocycles. The number of hydrogen-bond acceptors (Lipinski definition) is 3. The van der Waals surface area contributed by atoms with Gasteiger partial charge in [-0.25, -0.2) is 4.39 Å². The summed E-state index contributed by atoms with van der Waals surface area (Å²) in [5.74, 6) is -0.337. The van der Waals surface area contributed by atoms with Crippen LogP contribution in [0.3, 0.4) is 0 Å². The molecule has 1 aromatic heterocycles. The number of thiophene rings is 1. The minimum absolute atomic E-state index is 0.119. The topological polar surface area (TPSA) is 38.0 Å². The summed E-state index contributed by atoms with van der Waals surface area (Å²) in [5, 5.41) is 3.63. The lowest BCUT2D eigenvalue weighted by Crippen LogP contribution is -2.19. The fourth-order valence-corrected chi connectivity index (χ4v) is 3.90. The molecule has 0 amide bonds. The largest absolute Gasteiger partial charge is 0.375 e. The lowest BCUT2D eigenvalue weighted by Gasteiger charge is -2.17.